The van der Waals surface area contributed by atoms with E-state index in [0.717, 1.165) is 0 Å². The molecule has 0 radical (unpaired) electrons. The SMILES string of the molecule is C=C(CCN=C=O)C(=O)OP(=O)(O)O. The second kappa shape index (κ2) is 5.47. The highest BCUT2D eigenvalue weighted by Gasteiger charge is 2.21. The van der Waals surface area contributed by atoms with Crippen LogP contribution in [-0.4, -0.2) is 28.4 Å². The van der Waals surface area contributed by atoms with Gasteiger partial charge in [-0.3, -0.25) is 9.79 Å². The fourth-order valence-electron chi connectivity index (χ4n) is 0.511. The zero-order valence-corrected chi connectivity index (χ0v) is 7.94. The molecule has 0 unspecified atom stereocenters. The van der Waals surface area contributed by atoms with Crippen LogP contribution in [0.4, 0.5) is 0 Å². The molecule has 0 aromatic rings. The first-order valence-corrected chi connectivity index (χ1v) is 4.90. The lowest BCUT2D eigenvalue weighted by molar-refractivity contribution is -0.131. The van der Waals surface area contributed by atoms with Gasteiger partial charge in [0.2, 0.25) is 6.08 Å². The summed E-state index contributed by atoms with van der Waals surface area (Å²) in [4.78, 5) is 40.0. The smallest absolute Gasteiger partial charge is 0.367 e. The van der Waals surface area contributed by atoms with Crippen molar-refractivity contribution in [2.75, 3.05) is 6.54 Å². The predicted octanol–water partition coefficient (Wildman–Crippen LogP) is -0.0956. The fourth-order valence-corrected chi connectivity index (χ4v) is 0.856. The van der Waals surface area contributed by atoms with Crippen molar-refractivity contribution in [1.29, 1.82) is 0 Å². The third-order valence-corrected chi connectivity index (χ3v) is 1.48. The topological polar surface area (TPSA) is 113 Å². The molecule has 0 bridgehead atoms. The van der Waals surface area contributed by atoms with E-state index < -0.39 is 13.8 Å². The molecule has 0 aromatic carbocycles. The van der Waals surface area contributed by atoms with E-state index in [2.05, 4.69) is 16.1 Å². The molecule has 0 aromatic heterocycles. The van der Waals surface area contributed by atoms with Crippen LogP contribution in [0.25, 0.3) is 0 Å². The maximum absolute atomic E-state index is 10.8. The first-order chi connectivity index (χ1) is 6.37. The minimum absolute atomic E-state index is 0.0198. The molecule has 0 aliphatic heterocycles. The lowest BCUT2D eigenvalue weighted by atomic mass is 10.2. The summed E-state index contributed by atoms with van der Waals surface area (Å²) in [7, 11) is -4.83. The van der Waals surface area contributed by atoms with E-state index in [1.807, 2.05) is 0 Å². The van der Waals surface area contributed by atoms with Crippen LogP contribution < -0.4 is 0 Å². The average molecular weight is 221 g/mol. The van der Waals surface area contributed by atoms with Crippen LogP contribution in [0.2, 0.25) is 0 Å². The molecule has 0 heterocycles. The Hall–Kier alpha value is -1.26. The third-order valence-electron chi connectivity index (χ3n) is 1.08. The van der Waals surface area contributed by atoms with Crippen molar-refractivity contribution in [3.63, 3.8) is 0 Å². The minimum Gasteiger partial charge on any atom is -0.367 e. The molecule has 0 aliphatic rings. The van der Waals surface area contributed by atoms with Gasteiger partial charge in [0.25, 0.3) is 0 Å². The van der Waals surface area contributed by atoms with Gasteiger partial charge in [0.05, 0.1) is 6.54 Å². The highest BCUT2D eigenvalue weighted by Crippen LogP contribution is 2.36. The van der Waals surface area contributed by atoms with E-state index in [4.69, 9.17) is 9.79 Å². The van der Waals surface area contributed by atoms with Crippen molar-refractivity contribution in [3.8, 4) is 0 Å². The number of aliphatic imine (C=N–C) groups is 1. The van der Waals surface area contributed by atoms with Crippen LogP contribution in [0.15, 0.2) is 17.1 Å². The number of phosphoric acid groups is 1. The van der Waals surface area contributed by atoms with Crippen molar-refractivity contribution >= 4 is 19.9 Å². The molecule has 8 heteroatoms. The zero-order valence-electron chi connectivity index (χ0n) is 7.04. The summed E-state index contributed by atoms with van der Waals surface area (Å²) in [5, 5.41) is 0. The van der Waals surface area contributed by atoms with Gasteiger partial charge >= 0.3 is 13.8 Å². The highest BCUT2D eigenvalue weighted by molar-refractivity contribution is 7.46. The molecule has 7 nitrogen and oxygen atoms in total. The van der Waals surface area contributed by atoms with Gasteiger partial charge in [-0.25, -0.2) is 19.1 Å². The Bertz CT molecular complexity index is 325. The number of carbonyl (C=O) groups is 1. The Kier molecular flexibility index (Phi) is 4.97. The van der Waals surface area contributed by atoms with Crippen LogP contribution in [-0.2, 0) is 18.7 Å². The van der Waals surface area contributed by atoms with Crippen molar-refractivity contribution < 1.29 is 28.5 Å². The molecule has 0 saturated heterocycles. The number of nitrogens with zero attached hydrogens (tertiary/aromatic N) is 1. The summed E-state index contributed by atoms with van der Waals surface area (Å²) >= 11 is 0. The van der Waals surface area contributed by atoms with E-state index in [1.165, 1.54) is 6.08 Å². The molecule has 0 amide bonds. The third kappa shape index (κ3) is 6.28. The monoisotopic (exact) mass is 221 g/mol. The summed E-state index contributed by atoms with van der Waals surface area (Å²) in [5.74, 6) is -1.21. The maximum Gasteiger partial charge on any atom is 0.527 e. The molecule has 0 fully saturated rings. The largest absolute Gasteiger partial charge is 0.527 e. The summed E-state index contributed by atoms with van der Waals surface area (Å²) in [6.45, 7) is 3.17. The molecule has 0 aliphatic carbocycles. The molecule has 0 atom stereocenters. The Morgan fingerprint density at radius 1 is 1.57 bits per heavy atom. The van der Waals surface area contributed by atoms with Crippen LogP contribution in [0.3, 0.4) is 0 Å². The summed E-state index contributed by atoms with van der Waals surface area (Å²) in [6.07, 6.45) is 1.22. The van der Waals surface area contributed by atoms with Crippen molar-refractivity contribution in [1.82, 2.24) is 0 Å². The second-order valence-corrected chi connectivity index (χ2v) is 3.36. The molecular formula is C6H8NO6P. The van der Waals surface area contributed by atoms with Gasteiger partial charge in [-0.2, -0.15) is 0 Å². The standard InChI is InChI=1S/C6H8NO6P/c1-5(2-3-7-4-8)6(9)13-14(10,11)12/h1-3H2,(H2,10,11,12). The Morgan fingerprint density at radius 3 is 2.57 bits per heavy atom. The normalized spacial score (nSPS) is 10.1. The Balaban J connectivity index is 4.07. The van der Waals surface area contributed by atoms with Gasteiger partial charge in [-0.05, 0) is 6.42 Å². The van der Waals surface area contributed by atoms with Crippen molar-refractivity contribution in [2.45, 2.75) is 6.42 Å². The number of hydrogen-bond acceptors (Lipinski definition) is 5. The number of hydrogen-bond donors (Lipinski definition) is 2. The quantitative estimate of drug-likeness (QED) is 0.290. The highest BCUT2D eigenvalue weighted by atomic mass is 31.2. The van der Waals surface area contributed by atoms with Gasteiger partial charge in [-0.15, -0.1) is 0 Å². The predicted molar refractivity (Wildman–Crippen MR) is 44.9 cm³/mol. The van der Waals surface area contributed by atoms with E-state index >= 15 is 0 Å². The molecule has 0 spiro atoms. The molecule has 0 saturated carbocycles. The lowest BCUT2D eigenvalue weighted by Crippen LogP contribution is -2.06. The first kappa shape index (κ1) is 12.7. The Morgan fingerprint density at radius 2 is 2.14 bits per heavy atom. The molecule has 2 N–H and O–H groups in total. The molecule has 0 rings (SSSR count). The van der Waals surface area contributed by atoms with Crippen LogP contribution in [0.5, 0.6) is 0 Å². The van der Waals surface area contributed by atoms with E-state index in [1.54, 1.807) is 0 Å². The number of phosphoric ester groups is 1. The molecule has 78 valence electrons. The van der Waals surface area contributed by atoms with Gasteiger partial charge in [0.1, 0.15) is 0 Å². The summed E-state index contributed by atoms with van der Waals surface area (Å²) < 4.78 is 13.9. The minimum atomic E-state index is -4.83. The molecule has 14 heavy (non-hydrogen) atoms. The van der Waals surface area contributed by atoms with Gasteiger partial charge < -0.3 is 4.52 Å². The van der Waals surface area contributed by atoms with E-state index in [0.29, 0.717) is 0 Å². The van der Waals surface area contributed by atoms with Gasteiger partial charge in [-0.1, -0.05) is 6.58 Å². The van der Waals surface area contributed by atoms with E-state index in [-0.39, 0.29) is 18.5 Å². The lowest BCUT2D eigenvalue weighted by Gasteiger charge is -2.05. The van der Waals surface area contributed by atoms with Crippen molar-refractivity contribution in [3.05, 3.63) is 12.2 Å². The van der Waals surface area contributed by atoms with Crippen LogP contribution in [0.1, 0.15) is 6.42 Å². The summed E-state index contributed by atoms with van der Waals surface area (Å²) in [5.41, 5.74) is -0.174. The average Bonchev–Trinajstić information content (AvgIpc) is 2.01. The van der Waals surface area contributed by atoms with Crippen LogP contribution >= 0.6 is 7.82 Å². The zero-order chi connectivity index (χ0) is 11.2. The maximum atomic E-state index is 10.8. The summed E-state index contributed by atoms with van der Waals surface area (Å²) in [6, 6.07) is 0. The number of carbonyl (C=O) groups excluding carboxylic acids is 2. The number of rotatable bonds is 5. The van der Waals surface area contributed by atoms with Crippen LogP contribution in [0, 0.1) is 0 Å². The second-order valence-electron chi connectivity index (χ2n) is 2.20. The first-order valence-electron chi connectivity index (χ1n) is 3.37. The van der Waals surface area contributed by atoms with E-state index in [9.17, 15) is 14.2 Å². The van der Waals surface area contributed by atoms with Gasteiger partial charge in [0.15, 0.2) is 0 Å². The Labute approximate surface area is 79.3 Å². The number of isocyanates is 1. The fraction of sp³-hybridized carbons (Fsp3) is 0.333. The van der Waals surface area contributed by atoms with Gasteiger partial charge in [0, 0.05) is 5.57 Å². The molecular weight excluding hydrogens is 213 g/mol. The van der Waals surface area contributed by atoms with Crippen molar-refractivity contribution in [2.24, 2.45) is 4.99 Å².